The molecule has 4 rings (SSSR count). The first-order valence-electron chi connectivity index (χ1n) is 11.2. The van der Waals surface area contributed by atoms with E-state index in [2.05, 4.69) is 25.2 Å². The molecule has 0 aromatic carbocycles. The van der Waals surface area contributed by atoms with Crippen molar-refractivity contribution in [3.8, 4) is 10.8 Å². The summed E-state index contributed by atoms with van der Waals surface area (Å²) in [5.74, 6) is 0.665. The predicted octanol–water partition coefficient (Wildman–Crippen LogP) is 2.59. The van der Waals surface area contributed by atoms with Crippen molar-refractivity contribution in [1.82, 2.24) is 30.1 Å². The van der Waals surface area contributed by atoms with Crippen LogP contribution < -0.4 is 5.32 Å². The van der Waals surface area contributed by atoms with Gasteiger partial charge in [0.25, 0.3) is 5.91 Å². The van der Waals surface area contributed by atoms with Gasteiger partial charge in [0.1, 0.15) is 5.69 Å². The Kier molecular flexibility index (Phi) is 7.58. The number of piperidine rings is 1. The van der Waals surface area contributed by atoms with Crippen LogP contribution in [-0.4, -0.2) is 75.3 Å². The van der Waals surface area contributed by atoms with E-state index in [9.17, 15) is 9.59 Å². The molecular formula is C22H30N6O2S. The van der Waals surface area contributed by atoms with Crippen LogP contribution in [0.5, 0.6) is 0 Å². The van der Waals surface area contributed by atoms with Gasteiger partial charge in [-0.25, -0.2) is 15.0 Å². The van der Waals surface area contributed by atoms with Gasteiger partial charge >= 0.3 is 0 Å². The molecule has 4 heterocycles. The molecule has 0 radical (unpaired) electrons. The Bertz CT molecular complexity index is 874. The Hall–Kier alpha value is -2.39. The summed E-state index contributed by atoms with van der Waals surface area (Å²) in [6.45, 7) is 4.01. The molecule has 9 heteroatoms. The average molecular weight is 443 g/mol. The molecule has 2 aliphatic heterocycles. The van der Waals surface area contributed by atoms with Crippen molar-refractivity contribution < 1.29 is 9.59 Å². The summed E-state index contributed by atoms with van der Waals surface area (Å²) in [6.07, 6.45) is 10.0. The lowest BCUT2D eigenvalue weighted by Crippen LogP contribution is -2.44. The van der Waals surface area contributed by atoms with Gasteiger partial charge in [0, 0.05) is 56.4 Å². The molecule has 0 saturated carbocycles. The van der Waals surface area contributed by atoms with Crippen LogP contribution in [0.25, 0.3) is 10.8 Å². The number of nitrogens with one attached hydrogen (secondary N) is 1. The van der Waals surface area contributed by atoms with Gasteiger partial charge in [0.05, 0.1) is 0 Å². The zero-order valence-electron chi connectivity index (χ0n) is 17.8. The van der Waals surface area contributed by atoms with Crippen molar-refractivity contribution in [2.45, 2.75) is 51.0 Å². The molecule has 1 N–H and O–H groups in total. The maximum Gasteiger partial charge on any atom is 0.273 e. The van der Waals surface area contributed by atoms with Gasteiger partial charge in [0.15, 0.2) is 10.8 Å². The van der Waals surface area contributed by atoms with Crippen LogP contribution in [0.4, 0.5) is 0 Å². The molecule has 2 aromatic heterocycles. The number of thiazole rings is 1. The molecular weight excluding hydrogens is 412 g/mol. The number of hydrogen-bond acceptors (Lipinski definition) is 7. The fourth-order valence-electron chi connectivity index (χ4n) is 4.35. The number of rotatable bonds is 2. The summed E-state index contributed by atoms with van der Waals surface area (Å²) >= 11 is 1.40. The lowest BCUT2D eigenvalue weighted by Gasteiger charge is -2.35. The van der Waals surface area contributed by atoms with Gasteiger partial charge in [-0.3, -0.25) is 14.5 Å². The smallest absolute Gasteiger partial charge is 0.273 e. The fraction of sp³-hybridized carbons (Fsp3) is 0.591. The third-order valence-corrected chi connectivity index (χ3v) is 6.83. The van der Waals surface area contributed by atoms with E-state index in [1.165, 1.54) is 24.2 Å². The first-order chi connectivity index (χ1) is 15.2. The molecule has 31 heavy (non-hydrogen) atoms. The van der Waals surface area contributed by atoms with Crippen LogP contribution in [-0.2, 0) is 4.79 Å². The van der Waals surface area contributed by atoms with Crippen molar-refractivity contribution in [2.75, 3.05) is 32.7 Å². The summed E-state index contributed by atoms with van der Waals surface area (Å²) in [7, 11) is 0. The van der Waals surface area contributed by atoms with Gasteiger partial charge in [-0.15, -0.1) is 11.3 Å². The highest BCUT2D eigenvalue weighted by Gasteiger charge is 2.26. The van der Waals surface area contributed by atoms with E-state index in [4.69, 9.17) is 0 Å². The minimum atomic E-state index is -0.0347. The highest BCUT2D eigenvalue weighted by atomic mass is 32.1. The van der Waals surface area contributed by atoms with Gasteiger partial charge in [-0.05, 0) is 44.7 Å². The number of nitrogens with zero attached hydrogens (tertiary/aromatic N) is 5. The van der Waals surface area contributed by atoms with E-state index in [1.807, 2.05) is 4.90 Å². The lowest BCUT2D eigenvalue weighted by molar-refractivity contribution is -0.122. The Morgan fingerprint density at radius 3 is 2.68 bits per heavy atom. The van der Waals surface area contributed by atoms with E-state index >= 15 is 0 Å². The molecule has 2 fully saturated rings. The SMILES string of the molecule is O=C1CC2CCCCN2CCCN(C(=O)c2csc(-c3ncccn3)n2)CCCCN1. The van der Waals surface area contributed by atoms with Crippen LogP contribution >= 0.6 is 11.3 Å². The summed E-state index contributed by atoms with van der Waals surface area (Å²) < 4.78 is 0. The maximum atomic E-state index is 13.2. The quantitative estimate of drug-likeness (QED) is 0.769. The Morgan fingerprint density at radius 2 is 1.81 bits per heavy atom. The minimum absolute atomic E-state index is 0.0347. The van der Waals surface area contributed by atoms with Crippen LogP contribution in [0.3, 0.4) is 0 Å². The van der Waals surface area contributed by atoms with Crippen molar-refractivity contribution in [2.24, 2.45) is 0 Å². The van der Waals surface area contributed by atoms with Gasteiger partial charge in [-0.1, -0.05) is 6.42 Å². The van der Waals surface area contributed by atoms with Crippen molar-refractivity contribution in [3.05, 3.63) is 29.5 Å². The second-order valence-electron chi connectivity index (χ2n) is 8.20. The molecule has 0 spiro atoms. The number of carbonyl (C=O) groups excluding carboxylic acids is 2. The highest BCUT2D eigenvalue weighted by Crippen LogP contribution is 2.22. The van der Waals surface area contributed by atoms with Crippen LogP contribution in [0.2, 0.25) is 0 Å². The van der Waals surface area contributed by atoms with E-state index in [0.29, 0.717) is 48.6 Å². The van der Waals surface area contributed by atoms with Crippen molar-refractivity contribution in [1.29, 1.82) is 0 Å². The number of carbonyl (C=O) groups is 2. The Morgan fingerprint density at radius 1 is 1.03 bits per heavy atom. The van der Waals surface area contributed by atoms with Crippen molar-refractivity contribution in [3.63, 3.8) is 0 Å². The first kappa shape index (κ1) is 21.8. The third-order valence-electron chi connectivity index (χ3n) is 5.99. The van der Waals surface area contributed by atoms with E-state index < -0.39 is 0 Å². The maximum absolute atomic E-state index is 13.2. The van der Waals surface area contributed by atoms with Crippen LogP contribution in [0.15, 0.2) is 23.8 Å². The molecule has 2 aromatic rings. The predicted molar refractivity (Wildman–Crippen MR) is 120 cm³/mol. The normalized spacial score (nSPS) is 21.9. The summed E-state index contributed by atoms with van der Waals surface area (Å²) in [4.78, 5) is 42.8. The lowest BCUT2D eigenvalue weighted by atomic mass is 9.98. The molecule has 2 aliphatic rings. The van der Waals surface area contributed by atoms with Crippen LogP contribution in [0, 0.1) is 0 Å². The Balaban J connectivity index is 1.43. The molecule has 2 saturated heterocycles. The third kappa shape index (κ3) is 5.86. The molecule has 166 valence electrons. The van der Waals surface area contributed by atoms with E-state index in [-0.39, 0.29) is 11.8 Å². The van der Waals surface area contributed by atoms with Crippen LogP contribution in [0.1, 0.15) is 55.4 Å². The Labute approximate surface area is 187 Å². The van der Waals surface area contributed by atoms with Gasteiger partial charge in [0.2, 0.25) is 5.91 Å². The molecule has 2 amide bonds. The second kappa shape index (κ2) is 10.8. The van der Waals surface area contributed by atoms with Gasteiger partial charge in [-0.2, -0.15) is 0 Å². The number of fused-ring (bicyclic) bond motifs is 1. The first-order valence-corrected chi connectivity index (χ1v) is 12.1. The zero-order chi connectivity index (χ0) is 21.5. The summed E-state index contributed by atoms with van der Waals surface area (Å²) in [5.41, 5.74) is 0.459. The topological polar surface area (TPSA) is 91.3 Å². The zero-order valence-corrected chi connectivity index (χ0v) is 18.6. The van der Waals surface area contributed by atoms with E-state index in [1.54, 1.807) is 23.8 Å². The average Bonchev–Trinajstić information content (AvgIpc) is 3.29. The molecule has 1 unspecified atom stereocenters. The number of hydrogen-bond donors (Lipinski definition) is 1. The van der Waals surface area contributed by atoms with E-state index in [0.717, 1.165) is 38.8 Å². The summed E-state index contributed by atoms with van der Waals surface area (Å²) in [6, 6.07) is 2.09. The molecule has 1 atom stereocenters. The monoisotopic (exact) mass is 442 g/mol. The highest BCUT2D eigenvalue weighted by molar-refractivity contribution is 7.13. The minimum Gasteiger partial charge on any atom is -0.356 e. The number of amides is 2. The molecule has 0 bridgehead atoms. The van der Waals surface area contributed by atoms with Gasteiger partial charge < -0.3 is 10.2 Å². The molecule has 8 nitrogen and oxygen atoms in total. The fourth-order valence-corrected chi connectivity index (χ4v) is 5.09. The standard InChI is InChI=1S/C22H30N6O2S/c29-19-15-17-7-1-3-11-27(17)13-6-14-28(12-4-2-8-23-19)22(30)18-16-31-21(26-18)20-24-9-5-10-25-20/h5,9-10,16-17H,1-4,6-8,11-15H2,(H,23,29). The largest absolute Gasteiger partial charge is 0.356 e. The van der Waals surface area contributed by atoms with Crippen molar-refractivity contribution >= 4 is 23.2 Å². The summed E-state index contributed by atoms with van der Waals surface area (Å²) in [5, 5.41) is 5.52. The molecule has 0 aliphatic carbocycles. The number of aromatic nitrogens is 3. The second-order valence-corrected chi connectivity index (χ2v) is 9.06.